The SMILES string of the molecule is Cl.N[C@@H]1C=CC[C@@H]2CN(c3ncc4c(=O)c(OC(=O)O)cn(C5CC5)c4c3Cl)C[C@@H]21. The summed E-state index contributed by atoms with van der Waals surface area (Å²) in [5, 5.41) is 9.61. The zero-order valence-corrected chi connectivity index (χ0v) is 17.6. The Labute approximate surface area is 183 Å². The molecule has 3 atom stereocenters. The molecule has 0 bridgehead atoms. The molecule has 0 spiro atoms. The molecule has 8 nitrogen and oxygen atoms in total. The number of carboxylic acid groups (broad SMARTS) is 1. The lowest BCUT2D eigenvalue weighted by atomic mass is 9.83. The van der Waals surface area contributed by atoms with Crippen molar-refractivity contribution in [3.05, 3.63) is 39.8 Å². The third-order valence-electron chi connectivity index (χ3n) is 6.18. The van der Waals surface area contributed by atoms with E-state index >= 15 is 0 Å². The van der Waals surface area contributed by atoms with Crippen molar-refractivity contribution in [1.29, 1.82) is 0 Å². The number of ether oxygens (including phenoxy) is 1. The molecule has 0 aromatic carbocycles. The predicted molar refractivity (Wildman–Crippen MR) is 116 cm³/mol. The maximum Gasteiger partial charge on any atom is 0.511 e. The number of halogens is 2. The van der Waals surface area contributed by atoms with E-state index in [2.05, 4.69) is 22.0 Å². The minimum Gasteiger partial charge on any atom is -0.449 e. The molecular formula is C20H22Cl2N4O4. The number of nitrogens with two attached hydrogens (primary N) is 1. The van der Waals surface area contributed by atoms with Crippen LogP contribution in [0.25, 0.3) is 10.9 Å². The van der Waals surface area contributed by atoms with Crippen molar-refractivity contribution in [2.24, 2.45) is 17.6 Å². The zero-order valence-electron chi connectivity index (χ0n) is 16.0. The van der Waals surface area contributed by atoms with Crippen LogP contribution < -0.4 is 20.8 Å². The van der Waals surface area contributed by atoms with Gasteiger partial charge in [-0.3, -0.25) is 4.79 Å². The summed E-state index contributed by atoms with van der Waals surface area (Å²) in [6.07, 6.45) is 8.48. The number of aromatic nitrogens is 2. The van der Waals surface area contributed by atoms with Crippen molar-refractivity contribution in [1.82, 2.24) is 9.55 Å². The highest BCUT2D eigenvalue weighted by atomic mass is 35.5. The van der Waals surface area contributed by atoms with Gasteiger partial charge in [-0.1, -0.05) is 23.8 Å². The fourth-order valence-electron chi connectivity index (χ4n) is 4.60. The fourth-order valence-corrected chi connectivity index (χ4v) is 4.97. The van der Waals surface area contributed by atoms with Gasteiger partial charge in [-0.05, 0) is 31.1 Å². The second kappa shape index (κ2) is 7.76. The third kappa shape index (κ3) is 3.42. The number of hydrogen-bond acceptors (Lipinski definition) is 6. The van der Waals surface area contributed by atoms with Gasteiger partial charge in [-0.25, -0.2) is 9.78 Å². The maximum absolute atomic E-state index is 12.8. The minimum atomic E-state index is -1.52. The van der Waals surface area contributed by atoms with E-state index in [1.807, 2.05) is 4.57 Å². The Kier molecular flexibility index (Phi) is 5.42. The van der Waals surface area contributed by atoms with Crippen molar-refractivity contribution in [3.8, 4) is 5.75 Å². The monoisotopic (exact) mass is 452 g/mol. The zero-order chi connectivity index (χ0) is 20.3. The number of anilines is 1. The Bertz CT molecular complexity index is 1100. The second-order valence-corrected chi connectivity index (χ2v) is 8.44. The lowest BCUT2D eigenvalue weighted by molar-refractivity contribution is 0.143. The Morgan fingerprint density at radius 2 is 2.10 bits per heavy atom. The molecule has 2 aliphatic carbocycles. The Hall–Kier alpha value is -2.29. The van der Waals surface area contributed by atoms with Crippen LogP contribution >= 0.6 is 24.0 Å². The van der Waals surface area contributed by atoms with E-state index in [1.54, 1.807) is 0 Å². The molecule has 30 heavy (non-hydrogen) atoms. The van der Waals surface area contributed by atoms with E-state index in [4.69, 9.17) is 27.2 Å². The molecule has 160 valence electrons. The first-order valence-corrected chi connectivity index (χ1v) is 10.1. The van der Waals surface area contributed by atoms with E-state index < -0.39 is 11.6 Å². The van der Waals surface area contributed by atoms with Crippen LogP contribution in [0.3, 0.4) is 0 Å². The Morgan fingerprint density at radius 1 is 1.33 bits per heavy atom. The van der Waals surface area contributed by atoms with E-state index in [1.165, 1.54) is 12.4 Å². The molecule has 3 aliphatic rings. The topological polar surface area (TPSA) is 111 Å². The molecular weight excluding hydrogens is 431 g/mol. The molecule has 0 unspecified atom stereocenters. The maximum atomic E-state index is 12.8. The molecule has 2 fully saturated rings. The first-order valence-electron chi connectivity index (χ1n) is 9.75. The first-order chi connectivity index (χ1) is 13.9. The van der Waals surface area contributed by atoms with Crippen LogP contribution in [0.15, 0.2) is 29.3 Å². The first kappa shape index (κ1) is 21.0. The third-order valence-corrected chi connectivity index (χ3v) is 6.53. The number of pyridine rings is 2. The number of carbonyl (C=O) groups is 1. The van der Waals surface area contributed by atoms with Crippen molar-refractivity contribution in [2.45, 2.75) is 31.3 Å². The average molecular weight is 453 g/mol. The number of nitrogens with zero attached hydrogens (tertiary/aromatic N) is 3. The molecule has 2 aromatic heterocycles. The van der Waals surface area contributed by atoms with Crippen LogP contribution in [0.5, 0.6) is 5.75 Å². The molecule has 1 saturated heterocycles. The molecule has 0 radical (unpaired) electrons. The lowest BCUT2D eigenvalue weighted by Crippen LogP contribution is -2.35. The van der Waals surface area contributed by atoms with E-state index in [0.717, 1.165) is 32.4 Å². The van der Waals surface area contributed by atoms with Gasteiger partial charge in [0.05, 0.1) is 17.1 Å². The summed E-state index contributed by atoms with van der Waals surface area (Å²) in [4.78, 5) is 30.4. The summed E-state index contributed by atoms with van der Waals surface area (Å²) in [5.74, 6) is 1.22. The van der Waals surface area contributed by atoms with Gasteiger partial charge in [-0.2, -0.15) is 0 Å². The molecule has 3 heterocycles. The summed E-state index contributed by atoms with van der Waals surface area (Å²) < 4.78 is 6.56. The summed E-state index contributed by atoms with van der Waals surface area (Å²) >= 11 is 6.79. The number of rotatable bonds is 3. The van der Waals surface area contributed by atoms with Gasteiger partial charge < -0.3 is 25.0 Å². The normalized spacial score (nSPS) is 25.1. The highest BCUT2D eigenvalue weighted by Gasteiger charge is 2.38. The van der Waals surface area contributed by atoms with Gasteiger partial charge in [0.25, 0.3) is 0 Å². The summed E-state index contributed by atoms with van der Waals surface area (Å²) in [7, 11) is 0. The fraction of sp³-hybridized carbons (Fsp3) is 0.450. The summed E-state index contributed by atoms with van der Waals surface area (Å²) in [6, 6.07) is 0.194. The smallest absolute Gasteiger partial charge is 0.449 e. The van der Waals surface area contributed by atoms with Crippen molar-refractivity contribution < 1.29 is 14.6 Å². The molecule has 1 aliphatic heterocycles. The number of allylic oxidation sites excluding steroid dienone is 1. The molecule has 0 amide bonds. The van der Waals surface area contributed by atoms with Gasteiger partial charge >= 0.3 is 6.16 Å². The van der Waals surface area contributed by atoms with E-state index in [0.29, 0.717) is 28.2 Å². The summed E-state index contributed by atoms with van der Waals surface area (Å²) in [6.45, 7) is 1.58. The quantitative estimate of drug-likeness (QED) is 0.543. The highest BCUT2D eigenvalue weighted by Crippen LogP contribution is 2.42. The van der Waals surface area contributed by atoms with Crippen molar-refractivity contribution in [2.75, 3.05) is 18.0 Å². The largest absolute Gasteiger partial charge is 0.511 e. The number of fused-ring (bicyclic) bond motifs is 2. The van der Waals surface area contributed by atoms with Crippen LogP contribution in [0.1, 0.15) is 25.3 Å². The molecule has 3 N–H and O–H groups in total. The predicted octanol–water partition coefficient (Wildman–Crippen LogP) is 3.20. The van der Waals surface area contributed by atoms with Crippen molar-refractivity contribution >= 4 is 46.9 Å². The van der Waals surface area contributed by atoms with E-state index in [9.17, 15) is 9.59 Å². The minimum absolute atomic E-state index is 0. The van der Waals surface area contributed by atoms with Crippen LogP contribution in [0, 0.1) is 11.8 Å². The van der Waals surface area contributed by atoms with Crippen LogP contribution in [0.4, 0.5) is 10.6 Å². The molecule has 1 saturated carbocycles. The van der Waals surface area contributed by atoms with Gasteiger partial charge in [0.15, 0.2) is 5.75 Å². The van der Waals surface area contributed by atoms with E-state index in [-0.39, 0.29) is 35.6 Å². The highest BCUT2D eigenvalue weighted by molar-refractivity contribution is 6.37. The number of hydrogen-bond donors (Lipinski definition) is 2. The van der Waals surface area contributed by atoms with Gasteiger partial charge in [0.2, 0.25) is 5.43 Å². The molecule has 10 heteroatoms. The molecule has 5 rings (SSSR count). The van der Waals surface area contributed by atoms with Crippen LogP contribution in [-0.2, 0) is 0 Å². The van der Waals surface area contributed by atoms with Gasteiger partial charge in [0.1, 0.15) is 10.8 Å². The average Bonchev–Trinajstić information content (AvgIpc) is 3.43. The van der Waals surface area contributed by atoms with Crippen molar-refractivity contribution in [3.63, 3.8) is 0 Å². The lowest BCUT2D eigenvalue weighted by Gasteiger charge is -2.25. The Balaban J connectivity index is 0.00000218. The van der Waals surface area contributed by atoms with Crippen LogP contribution in [-0.4, -0.2) is 39.9 Å². The van der Waals surface area contributed by atoms with Gasteiger partial charge in [0, 0.05) is 31.4 Å². The summed E-state index contributed by atoms with van der Waals surface area (Å²) in [5.41, 5.74) is 6.32. The van der Waals surface area contributed by atoms with Crippen LogP contribution in [0.2, 0.25) is 5.02 Å². The molecule has 2 aromatic rings. The second-order valence-electron chi connectivity index (χ2n) is 8.06. The Morgan fingerprint density at radius 3 is 2.77 bits per heavy atom. The van der Waals surface area contributed by atoms with Gasteiger partial charge in [-0.15, -0.1) is 12.4 Å². The standard InChI is InChI=1S/C20H21ClN4O4.ClH/c21-16-17-12(18(26)15(29-20(27)28)9-25(17)11-4-5-11)6-23-19(16)24-7-10-2-1-3-14(22)13(10)8-24;/h1,3,6,9-11,13-14H,2,4-5,7-8,22H2,(H,27,28);1H/t10-,13+,14-;/m1./s1.